The molecule has 220 valence electrons. The van der Waals surface area contributed by atoms with E-state index in [0.29, 0.717) is 33.9 Å². The van der Waals surface area contributed by atoms with Gasteiger partial charge in [-0.05, 0) is 88.9 Å². The first-order valence-corrected chi connectivity index (χ1v) is 14.9. The second-order valence-electron chi connectivity index (χ2n) is 10.9. The van der Waals surface area contributed by atoms with Crippen molar-refractivity contribution in [2.24, 2.45) is 0 Å². The van der Waals surface area contributed by atoms with Gasteiger partial charge in [-0.3, -0.25) is 14.5 Å². The van der Waals surface area contributed by atoms with Gasteiger partial charge in [0, 0.05) is 59.8 Å². The Balaban J connectivity index is 1.44. The summed E-state index contributed by atoms with van der Waals surface area (Å²) >= 11 is 12.8. The number of aryl methyl sites for hydroxylation is 1. The number of amides is 1. The third-order valence-corrected chi connectivity index (χ3v) is 8.72. The van der Waals surface area contributed by atoms with Gasteiger partial charge in [0.2, 0.25) is 0 Å². The molecule has 1 aliphatic rings. The lowest BCUT2D eigenvalue weighted by Crippen LogP contribution is -2.43. The van der Waals surface area contributed by atoms with Crippen molar-refractivity contribution in [3.05, 3.63) is 90.8 Å². The summed E-state index contributed by atoms with van der Waals surface area (Å²) in [5.41, 5.74) is 4.38. The molecule has 1 saturated carbocycles. The van der Waals surface area contributed by atoms with Crippen LogP contribution in [-0.4, -0.2) is 48.6 Å². The van der Waals surface area contributed by atoms with Crippen molar-refractivity contribution in [2.75, 3.05) is 25.6 Å². The van der Waals surface area contributed by atoms with Gasteiger partial charge in [-0.15, -0.1) is 0 Å². The number of aromatic nitrogens is 1. The zero-order chi connectivity index (χ0) is 29.7. The molecule has 2 aromatic carbocycles. The molecule has 9 heteroatoms. The van der Waals surface area contributed by atoms with E-state index in [-0.39, 0.29) is 23.0 Å². The van der Waals surface area contributed by atoms with Crippen LogP contribution in [-0.2, 0) is 13.1 Å². The van der Waals surface area contributed by atoms with E-state index in [1.807, 2.05) is 25.1 Å². The van der Waals surface area contributed by atoms with Crippen molar-refractivity contribution in [2.45, 2.75) is 71.6 Å². The molecule has 0 radical (unpaired) electrons. The molecule has 0 saturated heterocycles. The highest BCUT2D eigenvalue weighted by molar-refractivity contribution is 6.31. The number of nitrogens with one attached hydrogen (secondary N) is 2. The molecule has 41 heavy (non-hydrogen) atoms. The molecule has 1 heterocycles. The van der Waals surface area contributed by atoms with Crippen LogP contribution in [0.15, 0.2) is 47.3 Å². The number of benzene rings is 2. The number of rotatable bonds is 10. The van der Waals surface area contributed by atoms with Gasteiger partial charge < -0.3 is 19.9 Å². The summed E-state index contributed by atoms with van der Waals surface area (Å²) in [6, 6.07) is 14.2. The summed E-state index contributed by atoms with van der Waals surface area (Å²) < 4.78 is 5.39. The van der Waals surface area contributed by atoms with Gasteiger partial charge in [0.15, 0.2) is 5.43 Å². The molecule has 0 unspecified atom stereocenters. The van der Waals surface area contributed by atoms with Gasteiger partial charge in [0.25, 0.3) is 5.91 Å². The minimum atomic E-state index is -0.291. The Bertz CT molecular complexity index is 1430. The van der Waals surface area contributed by atoms with Crippen LogP contribution in [0.3, 0.4) is 0 Å². The van der Waals surface area contributed by atoms with Crippen LogP contribution in [0, 0.1) is 13.8 Å². The number of methoxy groups -OCH3 is 1. The van der Waals surface area contributed by atoms with Crippen LogP contribution in [0.25, 0.3) is 0 Å². The summed E-state index contributed by atoms with van der Waals surface area (Å²) in [4.78, 5) is 33.4. The SMILES string of the molecule is CCN(c1cc(Cl)cc(C(=O)NCc2c(Cl)[nH]c(C)cc2=O)c1C)C1CCC(N(C)Cc2cccc(OC)c2)CC1. The number of hydrogen-bond acceptors (Lipinski definition) is 5. The van der Waals surface area contributed by atoms with Gasteiger partial charge >= 0.3 is 0 Å². The number of hydrogen-bond donors (Lipinski definition) is 2. The van der Waals surface area contributed by atoms with Crippen molar-refractivity contribution in [1.29, 1.82) is 0 Å². The number of halogens is 2. The second-order valence-corrected chi connectivity index (χ2v) is 11.7. The van der Waals surface area contributed by atoms with Gasteiger partial charge in [-0.2, -0.15) is 0 Å². The number of carbonyl (C=O) groups excluding carboxylic acids is 1. The third kappa shape index (κ3) is 7.45. The van der Waals surface area contributed by atoms with E-state index in [0.717, 1.165) is 55.8 Å². The highest BCUT2D eigenvalue weighted by Gasteiger charge is 2.29. The van der Waals surface area contributed by atoms with E-state index >= 15 is 0 Å². The molecule has 7 nitrogen and oxygen atoms in total. The van der Waals surface area contributed by atoms with E-state index in [9.17, 15) is 9.59 Å². The van der Waals surface area contributed by atoms with Crippen molar-refractivity contribution in [3.63, 3.8) is 0 Å². The maximum absolute atomic E-state index is 13.3. The average Bonchev–Trinajstić information content (AvgIpc) is 2.94. The van der Waals surface area contributed by atoms with Crippen LogP contribution in [0.2, 0.25) is 10.2 Å². The smallest absolute Gasteiger partial charge is 0.251 e. The Kier molecular flexibility index (Phi) is 10.4. The molecule has 0 bridgehead atoms. The van der Waals surface area contributed by atoms with Crippen molar-refractivity contribution < 1.29 is 9.53 Å². The maximum Gasteiger partial charge on any atom is 0.251 e. The molecule has 1 aliphatic carbocycles. The van der Waals surface area contributed by atoms with Crippen LogP contribution < -0.4 is 20.4 Å². The van der Waals surface area contributed by atoms with E-state index in [1.54, 1.807) is 20.1 Å². The summed E-state index contributed by atoms with van der Waals surface area (Å²) in [6.45, 7) is 7.59. The Morgan fingerprint density at radius 1 is 1.07 bits per heavy atom. The van der Waals surface area contributed by atoms with Gasteiger partial charge in [0.05, 0.1) is 12.7 Å². The maximum atomic E-state index is 13.3. The highest BCUT2D eigenvalue weighted by Crippen LogP contribution is 2.34. The quantitative estimate of drug-likeness (QED) is 0.260. The number of pyridine rings is 1. The largest absolute Gasteiger partial charge is 0.497 e. The van der Waals surface area contributed by atoms with Gasteiger partial charge in [-0.1, -0.05) is 35.3 Å². The summed E-state index contributed by atoms with van der Waals surface area (Å²) in [5.74, 6) is 0.594. The molecule has 1 amide bonds. The lowest BCUT2D eigenvalue weighted by molar-refractivity contribution is 0.0950. The molecule has 1 fully saturated rings. The normalized spacial score (nSPS) is 17.0. The van der Waals surface area contributed by atoms with E-state index < -0.39 is 0 Å². The van der Waals surface area contributed by atoms with Crippen molar-refractivity contribution in [1.82, 2.24) is 15.2 Å². The molecule has 4 rings (SSSR count). The molecule has 0 aliphatic heterocycles. The van der Waals surface area contributed by atoms with E-state index in [4.69, 9.17) is 27.9 Å². The zero-order valence-corrected chi connectivity index (χ0v) is 26.0. The number of ether oxygens (including phenoxy) is 1. The Labute approximate surface area is 252 Å². The summed E-state index contributed by atoms with van der Waals surface area (Å²) in [7, 11) is 3.90. The fourth-order valence-corrected chi connectivity index (χ4v) is 6.45. The number of carbonyl (C=O) groups is 1. The molecular weight excluding hydrogens is 559 g/mol. The second kappa shape index (κ2) is 13.8. The average molecular weight is 600 g/mol. The highest BCUT2D eigenvalue weighted by atomic mass is 35.5. The fourth-order valence-electron chi connectivity index (χ4n) is 5.93. The predicted molar refractivity (Wildman–Crippen MR) is 168 cm³/mol. The molecule has 0 atom stereocenters. The molecule has 1 aromatic heterocycles. The van der Waals surface area contributed by atoms with Crippen LogP contribution in [0.1, 0.15) is 65.3 Å². The summed E-state index contributed by atoms with van der Waals surface area (Å²) in [6.07, 6.45) is 4.31. The van der Waals surface area contributed by atoms with E-state index in [1.165, 1.54) is 11.6 Å². The van der Waals surface area contributed by atoms with Crippen molar-refractivity contribution in [3.8, 4) is 5.75 Å². The zero-order valence-electron chi connectivity index (χ0n) is 24.5. The molecular formula is C32H40Cl2N4O3. The van der Waals surface area contributed by atoms with Crippen molar-refractivity contribution >= 4 is 34.8 Å². The first kappa shape index (κ1) is 30.9. The Morgan fingerprint density at radius 2 is 1.78 bits per heavy atom. The molecule has 0 spiro atoms. The third-order valence-electron chi connectivity index (χ3n) is 8.18. The predicted octanol–water partition coefficient (Wildman–Crippen LogP) is 6.51. The standard InChI is InChI=1S/C32H40Cl2N4O3/c1-6-38(25-12-10-24(11-13-25)37(4)19-22-8-7-9-26(15-22)41-5)29-17-23(33)16-27(21(29)3)32(40)35-18-28-30(39)14-20(2)36-31(28)34/h7-9,14-17,24-25H,6,10-13,18-19H2,1-5H3,(H,35,40)(H,36,39). The topological polar surface area (TPSA) is 77.7 Å². The first-order valence-electron chi connectivity index (χ1n) is 14.2. The van der Waals surface area contributed by atoms with Gasteiger partial charge in [-0.25, -0.2) is 0 Å². The Morgan fingerprint density at radius 3 is 2.44 bits per heavy atom. The summed E-state index contributed by atoms with van der Waals surface area (Å²) in [5, 5.41) is 3.60. The fraction of sp³-hybridized carbons (Fsp3) is 0.438. The minimum absolute atomic E-state index is 0.0271. The minimum Gasteiger partial charge on any atom is -0.497 e. The van der Waals surface area contributed by atoms with E-state index in [2.05, 4.69) is 46.2 Å². The van der Waals surface area contributed by atoms with Crippen LogP contribution >= 0.6 is 23.2 Å². The monoisotopic (exact) mass is 598 g/mol. The van der Waals surface area contributed by atoms with Gasteiger partial charge in [0.1, 0.15) is 10.9 Å². The number of H-pyrrole nitrogens is 1. The lowest BCUT2D eigenvalue weighted by atomic mass is 9.88. The molecule has 3 aromatic rings. The number of anilines is 1. The lowest BCUT2D eigenvalue weighted by Gasteiger charge is -2.41. The van der Waals surface area contributed by atoms with Crippen LogP contribution in [0.4, 0.5) is 5.69 Å². The number of nitrogens with zero attached hydrogens (tertiary/aromatic N) is 2. The first-order chi connectivity index (χ1) is 19.6. The number of aromatic amines is 1. The molecule has 2 N–H and O–H groups in total. The van der Waals surface area contributed by atoms with Crippen LogP contribution in [0.5, 0.6) is 5.75 Å². The Hall–Kier alpha value is -3.00.